The van der Waals surface area contributed by atoms with Gasteiger partial charge in [-0.05, 0) is 0 Å². The van der Waals surface area contributed by atoms with Crippen molar-refractivity contribution in [2.45, 2.75) is 53.3 Å². The summed E-state index contributed by atoms with van der Waals surface area (Å²) in [5, 5.41) is 0. The quantitative estimate of drug-likeness (QED) is 0.395. The zero-order valence-corrected chi connectivity index (χ0v) is 12.3. The minimum absolute atomic E-state index is 8.03. The van der Waals surface area contributed by atoms with Crippen molar-refractivity contribution in [3.8, 4) is 0 Å². The zero-order chi connectivity index (χ0) is 23.5. The fourth-order valence-corrected chi connectivity index (χ4v) is 4.60. The topological polar surface area (TPSA) is 0 Å². The Labute approximate surface area is 144 Å². The van der Waals surface area contributed by atoms with Gasteiger partial charge in [0.2, 0.25) is 10.8 Å². The molecule has 3 saturated carbocycles. The van der Waals surface area contributed by atoms with Crippen LogP contribution in [0.5, 0.6) is 0 Å². The second-order valence-electron chi connectivity index (χ2n) is 6.67. The Balaban J connectivity index is 2.83. The number of hydrogen-bond donors (Lipinski definition) is 0. The summed E-state index contributed by atoms with van der Waals surface area (Å²) in [6, 6.07) is 0. The predicted octanol–water partition coefficient (Wildman–Crippen LogP) is 5.72. The summed E-state index contributed by atoms with van der Waals surface area (Å²) in [5.41, 5.74) is -16.6. The summed E-state index contributed by atoms with van der Waals surface area (Å²) in [7, 11) is 0. The van der Waals surface area contributed by atoms with Crippen molar-refractivity contribution in [1.82, 2.24) is 0 Å². The Hall–Kier alpha value is -1.26. The molecular weight excluding hydrogens is 474 g/mol. The summed E-state index contributed by atoms with van der Waals surface area (Å²) in [5.74, 6) is -74.0. The Bertz CT molecular complexity index is 625. The third-order valence-corrected chi connectivity index (χ3v) is 5.75. The number of rotatable bonds is 0. The van der Waals surface area contributed by atoms with Gasteiger partial charge in [-0.3, -0.25) is 0 Å². The van der Waals surface area contributed by atoms with E-state index < -0.39 is 64.1 Å². The molecule has 0 atom stereocenters. The van der Waals surface area contributed by atoms with E-state index in [2.05, 4.69) is 0 Å². The lowest BCUT2D eigenvalue weighted by molar-refractivity contribution is -0.425. The Morgan fingerprint density at radius 1 is 0.172 bits per heavy atom. The van der Waals surface area contributed by atoms with Gasteiger partial charge in [0, 0.05) is 0 Å². The molecule has 0 amide bonds. The first-order valence-corrected chi connectivity index (χ1v) is 6.65. The van der Waals surface area contributed by atoms with Gasteiger partial charge in [-0.1, -0.05) is 0 Å². The molecule has 0 saturated heterocycles. The molecule has 0 aromatic heterocycles. The molecule has 170 valence electrons. The molecule has 3 aliphatic rings. The van der Waals surface area contributed by atoms with Gasteiger partial charge in [0.05, 0.1) is 0 Å². The number of hydrogen-bond acceptors (Lipinski definition) is 0. The lowest BCUT2D eigenvalue weighted by atomic mass is 9.63. The van der Waals surface area contributed by atoms with Crippen LogP contribution in [-0.4, -0.2) is 53.3 Å². The molecule has 0 heterocycles. The molecule has 0 radical (unpaired) electrons. The van der Waals surface area contributed by atoms with Gasteiger partial charge in [-0.25, -0.2) is 0 Å². The highest BCUT2D eigenvalue weighted by atomic mass is 19.4. The van der Waals surface area contributed by atoms with Crippen LogP contribution in [-0.2, 0) is 0 Å². The first kappa shape index (κ1) is 22.4. The van der Waals surface area contributed by atoms with E-state index in [-0.39, 0.29) is 0 Å². The third kappa shape index (κ3) is 1.22. The first-order chi connectivity index (χ1) is 12.2. The van der Waals surface area contributed by atoms with Crippen molar-refractivity contribution < 1.29 is 79.0 Å². The fourth-order valence-electron chi connectivity index (χ4n) is 4.60. The molecule has 0 aliphatic heterocycles. The molecular formula is C11F18. The lowest BCUT2D eigenvalue weighted by Crippen LogP contribution is -2.72. The molecule has 0 unspecified atom stereocenters. The monoisotopic (exact) mass is 474 g/mol. The smallest absolute Gasteiger partial charge is 0.198 e. The summed E-state index contributed by atoms with van der Waals surface area (Å²) < 4.78 is 248. The molecule has 0 spiro atoms. The minimum atomic E-state index is -8.32. The van der Waals surface area contributed by atoms with Crippen molar-refractivity contribution in [2.24, 2.45) is 10.8 Å². The van der Waals surface area contributed by atoms with E-state index in [1.807, 2.05) is 0 Å². The van der Waals surface area contributed by atoms with Gasteiger partial charge in [0.15, 0.2) is 0 Å². The second-order valence-corrected chi connectivity index (χ2v) is 6.67. The van der Waals surface area contributed by atoms with Crippen molar-refractivity contribution in [1.29, 1.82) is 0 Å². The maximum atomic E-state index is 14.0. The van der Waals surface area contributed by atoms with E-state index in [1.54, 1.807) is 0 Å². The molecule has 0 aromatic rings. The molecule has 0 aromatic carbocycles. The maximum Gasteiger partial charge on any atom is 0.374 e. The van der Waals surface area contributed by atoms with Gasteiger partial charge < -0.3 is 0 Å². The highest BCUT2D eigenvalue weighted by Gasteiger charge is 3.27. The molecule has 0 bridgehead atoms. The van der Waals surface area contributed by atoms with Crippen LogP contribution in [0.25, 0.3) is 0 Å². The standard InChI is InChI=1S/C11F18/c12-3(13)1-2(6(18,19)9(3,24)25,7(20,21)10(26,27)4(1,14)15)8(22,23)11(28,29)5(1,16)17. The van der Waals surface area contributed by atoms with Crippen LogP contribution in [0.2, 0.25) is 0 Å². The molecule has 18 heteroatoms. The van der Waals surface area contributed by atoms with Gasteiger partial charge in [0.1, 0.15) is 0 Å². The van der Waals surface area contributed by atoms with Crippen molar-refractivity contribution >= 4 is 0 Å². The van der Waals surface area contributed by atoms with Crippen molar-refractivity contribution in [2.75, 3.05) is 0 Å². The molecule has 3 rings (SSSR count). The average molecular weight is 474 g/mol. The fraction of sp³-hybridized carbons (Fsp3) is 1.00. The van der Waals surface area contributed by atoms with Gasteiger partial charge in [-0.15, -0.1) is 0 Å². The van der Waals surface area contributed by atoms with E-state index in [1.165, 1.54) is 0 Å². The number of alkyl halides is 18. The summed E-state index contributed by atoms with van der Waals surface area (Å²) in [4.78, 5) is 0. The van der Waals surface area contributed by atoms with Crippen LogP contribution in [0, 0.1) is 10.8 Å². The Morgan fingerprint density at radius 2 is 0.276 bits per heavy atom. The van der Waals surface area contributed by atoms with E-state index in [4.69, 9.17) is 0 Å². The predicted molar refractivity (Wildman–Crippen MR) is 49.4 cm³/mol. The number of halogens is 18. The van der Waals surface area contributed by atoms with Crippen molar-refractivity contribution in [3.63, 3.8) is 0 Å². The Kier molecular flexibility index (Phi) is 3.27. The van der Waals surface area contributed by atoms with Crippen LogP contribution in [0.3, 0.4) is 0 Å². The lowest BCUT2D eigenvalue weighted by Gasteiger charge is -2.43. The summed E-state index contributed by atoms with van der Waals surface area (Å²) in [6.45, 7) is 0. The summed E-state index contributed by atoms with van der Waals surface area (Å²) in [6.07, 6.45) is 0. The van der Waals surface area contributed by atoms with Gasteiger partial charge in [-0.2, -0.15) is 79.0 Å². The van der Waals surface area contributed by atoms with Crippen LogP contribution in [0.15, 0.2) is 0 Å². The normalized spacial score (nSPS) is 44.9. The molecule has 3 aliphatic carbocycles. The molecule has 3 fully saturated rings. The van der Waals surface area contributed by atoms with Crippen LogP contribution < -0.4 is 0 Å². The Morgan fingerprint density at radius 3 is 0.379 bits per heavy atom. The third-order valence-electron chi connectivity index (χ3n) is 5.75. The maximum absolute atomic E-state index is 14.0. The van der Waals surface area contributed by atoms with Crippen LogP contribution in [0.4, 0.5) is 79.0 Å². The second kappa shape index (κ2) is 4.23. The van der Waals surface area contributed by atoms with Gasteiger partial charge >= 0.3 is 53.3 Å². The van der Waals surface area contributed by atoms with E-state index >= 15 is 0 Å². The SMILES string of the molecule is FC1(F)C(F)(F)C23C(F)(F)C(F)(F)C(F)(F)C2(C1(F)F)C(F)(F)C(F)(F)C3(F)F. The minimum Gasteiger partial charge on any atom is -0.198 e. The first-order valence-electron chi connectivity index (χ1n) is 6.65. The van der Waals surface area contributed by atoms with Crippen molar-refractivity contribution in [3.05, 3.63) is 0 Å². The summed E-state index contributed by atoms with van der Waals surface area (Å²) >= 11 is 0. The van der Waals surface area contributed by atoms with E-state index in [9.17, 15) is 79.0 Å². The average Bonchev–Trinajstić information content (AvgIpc) is 2.68. The van der Waals surface area contributed by atoms with Crippen LogP contribution in [0.1, 0.15) is 0 Å². The highest BCUT2D eigenvalue weighted by Crippen LogP contribution is 2.98. The largest absolute Gasteiger partial charge is 0.374 e. The highest BCUT2D eigenvalue weighted by molar-refractivity contribution is 5.51. The van der Waals surface area contributed by atoms with Crippen LogP contribution >= 0.6 is 0 Å². The molecule has 29 heavy (non-hydrogen) atoms. The van der Waals surface area contributed by atoms with E-state index in [0.29, 0.717) is 0 Å². The molecule has 0 N–H and O–H groups in total. The van der Waals surface area contributed by atoms with Gasteiger partial charge in [0.25, 0.3) is 0 Å². The van der Waals surface area contributed by atoms with E-state index in [0.717, 1.165) is 0 Å². The zero-order valence-electron chi connectivity index (χ0n) is 12.3. The molecule has 0 nitrogen and oxygen atoms in total.